The van der Waals surface area contributed by atoms with Gasteiger partial charge in [0, 0.05) is 5.69 Å². The van der Waals surface area contributed by atoms with Crippen molar-refractivity contribution in [2.24, 2.45) is 0 Å². The normalized spacial score (nSPS) is 16.5. The van der Waals surface area contributed by atoms with Gasteiger partial charge in [-0.2, -0.15) is 5.26 Å². The van der Waals surface area contributed by atoms with Crippen molar-refractivity contribution in [1.82, 2.24) is 0 Å². The lowest BCUT2D eigenvalue weighted by Gasteiger charge is -2.21. The highest BCUT2D eigenvalue weighted by Crippen LogP contribution is 2.09. The summed E-state index contributed by atoms with van der Waals surface area (Å²) >= 11 is 0. The smallest absolute Gasteiger partial charge is 0.279 e. The van der Waals surface area contributed by atoms with Gasteiger partial charge >= 0.3 is 0 Å². The lowest BCUT2D eigenvalue weighted by atomic mass is 10.1. The van der Waals surface area contributed by atoms with Gasteiger partial charge < -0.3 is 10.2 Å². The van der Waals surface area contributed by atoms with Crippen LogP contribution in [-0.4, -0.2) is 25.5 Å². The molecule has 1 aromatic rings. The van der Waals surface area contributed by atoms with Crippen LogP contribution in [0.5, 0.6) is 0 Å². The van der Waals surface area contributed by atoms with Crippen LogP contribution < -0.4 is 10.2 Å². The zero-order valence-electron chi connectivity index (χ0n) is 12.5. The number of quaternary nitrogens is 1. The molecule has 1 saturated heterocycles. The SMILES string of the molecule is N#CCc1ccc(NC(=O)C[NH+]2CCCCCCC2)cc1. The molecule has 1 heterocycles. The molecule has 1 aromatic carbocycles. The third-order valence-corrected chi connectivity index (χ3v) is 3.99. The molecule has 1 aliphatic heterocycles. The van der Waals surface area contributed by atoms with Crippen LogP contribution in [0.25, 0.3) is 0 Å². The summed E-state index contributed by atoms with van der Waals surface area (Å²) in [7, 11) is 0. The molecular weight excluding hydrogens is 262 g/mol. The van der Waals surface area contributed by atoms with Gasteiger partial charge in [-0.05, 0) is 43.4 Å². The van der Waals surface area contributed by atoms with Gasteiger partial charge in [-0.15, -0.1) is 0 Å². The van der Waals surface area contributed by atoms with E-state index in [0.29, 0.717) is 13.0 Å². The fourth-order valence-electron chi connectivity index (χ4n) is 2.81. The number of likely N-dealkylation sites (tertiary alicyclic amines) is 1. The van der Waals surface area contributed by atoms with E-state index in [-0.39, 0.29) is 5.91 Å². The first kappa shape index (κ1) is 15.5. The van der Waals surface area contributed by atoms with Crippen LogP contribution in [0.2, 0.25) is 0 Å². The average molecular weight is 286 g/mol. The molecule has 4 nitrogen and oxygen atoms in total. The molecule has 21 heavy (non-hydrogen) atoms. The maximum atomic E-state index is 12.1. The monoisotopic (exact) mass is 286 g/mol. The quantitative estimate of drug-likeness (QED) is 0.882. The van der Waals surface area contributed by atoms with Crippen LogP contribution in [-0.2, 0) is 11.2 Å². The number of hydrogen-bond donors (Lipinski definition) is 2. The minimum Gasteiger partial charge on any atom is -0.327 e. The number of nitriles is 1. The number of nitrogens with one attached hydrogen (secondary N) is 2. The number of carbonyl (C=O) groups excluding carboxylic acids is 1. The molecule has 0 aliphatic carbocycles. The maximum Gasteiger partial charge on any atom is 0.279 e. The van der Waals surface area contributed by atoms with Crippen molar-refractivity contribution >= 4 is 11.6 Å². The fourth-order valence-corrected chi connectivity index (χ4v) is 2.81. The van der Waals surface area contributed by atoms with E-state index in [1.165, 1.54) is 37.0 Å². The van der Waals surface area contributed by atoms with Crippen LogP contribution >= 0.6 is 0 Å². The summed E-state index contributed by atoms with van der Waals surface area (Å²) in [5.41, 5.74) is 1.79. The molecular formula is C17H24N3O+. The Kier molecular flexibility index (Phi) is 6.23. The van der Waals surface area contributed by atoms with Crippen molar-refractivity contribution in [3.05, 3.63) is 29.8 Å². The Balaban J connectivity index is 1.81. The Hall–Kier alpha value is -1.86. The molecule has 0 saturated carbocycles. The third kappa shape index (κ3) is 5.57. The number of amides is 1. The molecule has 0 aromatic heterocycles. The molecule has 1 aliphatic rings. The Morgan fingerprint density at radius 1 is 1.10 bits per heavy atom. The second-order valence-electron chi connectivity index (χ2n) is 5.77. The number of anilines is 1. The molecule has 0 bridgehead atoms. The molecule has 0 radical (unpaired) electrons. The van der Waals surface area contributed by atoms with Crippen molar-refractivity contribution in [3.8, 4) is 6.07 Å². The molecule has 0 atom stereocenters. The van der Waals surface area contributed by atoms with Crippen LogP contribution in [0.15, 0.2) is 24.3 Å². The fraction of sp³-hybridized carbons (Fsp3) is 0.529. The number of hydrogen-bond acceptors (Lipinski definition) is 2. The number of rotatable bonds is 4. The van der Waals surface area contributed by atoms with Crippen LogP contribution in [0.3, 0.4) is 0 Å². The summed E-state index contributed by atoms with van der Waals surface area (Å²) in [6, 6.07) is 9.64. The Bertz CT molecular complexity index is 482. The Morgan fingerprint density at radius 2 is 1.71 bits per heavy atom. The Labute approximate surface area is 126 Å². The van der Waals surface area contributed by atoms with E-state index in [0.717, 1.165) is 24.3 Å². The van der Waals surface area contributed by atoms with E-state index in [4.69, 9.17) is 5.26 Å². The molecule has 0 spiro atoms. The van der Waals surface area contributed by atoms with E-state index in [1.54, 1.807) is 0 Å². The molecule has 2 N–H and O–H groups in total. The van der Waals surface area contributed by atoms with Crippen molar-refractivity contribution < 1.29 is 9.69 Å². The molecule has 112 valence electrons. The first-order chi connectivity index (χ1) is 10.3. The third-order valence-electron chi connectivity index (χ3n) is 3.99. The highest BCUT2D eigenvalue weighted by Gasteiger charge is 2.15. The van der Waals surface area contributed by atoms with Crippen LogP contribution in [0.4, 0.5) is 5.69 Å². The predicted molar refractivity (Wildman–Crippen MR) is 83.0 cm³/mol. The average Bonchev–Trinajstić information content (AvgIpc) is 2.44. The van der Waals surface area contributed by atoms with E-state index in [1.807, 2.05) is 24.3 Å². The van der Waals surface area contributed by atoms with E-state index >= 15 is 0 Å². The van der Waals surface area contributed by atoms with Crippen LogP contribution in [0, 0.1) is 11.3 Å². The lowest BCUT2D eigenvalue weighted by Crippen LogP contribution is -3.13. The lowest BCUT2D eigenvalue weighted by molar-refractivity contribution is -0.892. The first-order valence-electron chi connectivity index (χ1n) is 7.87. The van der Waals surface area contributed by atoms with Gasteiger partial charge in [0.25, 0.3) is 5.91 Å². The molecule has 0 unspecified atom stereocenters. The predicted octanol–water partition coefficient (Wildman–Crippen LogP) is 1.54. The van der Waals surface area contributed by atoms with Gasteiger partial charge in [0.15, 0.2) is 6.54 Å². The second-order valence-corrected chi connectivity index (χ2v) is 5.77. The molecule has 2 rings (SSSR count). The Morgan fingerprint density at radius 3 is 2.33 bits per heavy atom. The number of nitrogens with zero attached hydrogens (tertiary/aromatic N) is 1. The summed E-state index contributed by atoms with van der Waals surface area (Å²) in [6.45, 7) is 2.77. The number of carbonyl (C=O) groups is 1. The van der Waals surface area contributed by atoms with E-state index < -0.39 is 0 Å². The highest BCUT2D eigenvalue weighted by molar-refractivity contribution is 5.91. The zero-order chi connectivity index (χ0) is 14.9. The first-order valence-corrected chi connectivity index (χ1v) is 7.87. The van der Waals surface area contributed by atoms with Crippen molar-refractivity contribution in [1.29, 1.82) is 5.26 Å². The minimum absolute atomic E-state index is 0.0820. The zero-order valence-corrected chi connectivity index (χ0v) is 12.5. The van der Waals surface area contributed by atoms with Crippen molar-refractivity contribution in [2.45, 2.75) is 38.5 Å². The summed E-state index contributed by atoms with van der Waals surface area (Å²) in [5.74, 6) is 0.0820. The van der Waals surface area contributed by atoms with Crippen LogP contribution in [0.1, 0.15) is 37.7 Å². The summed E-state index contributed by atoms with van der Waals surface area (Å²) in [5, 5.41) is 11.6. The van der Waals surface area contributed by atoms with E-state index in [9.17, 15) is 4.79 Å². The topological polar surface area (TPSA) is 57.3 Å². The minimum atomic E-state index is 0.0820. The molecule has 1 fully saturated rings. The van der Waals surface area contributed by atoms with Crippen molar-refractivity contribution in [2.75, 3.05) is 25.0 Å². The van der Waals surface area contributed by atoms with Gasteiger partial charge in [0.05, 0.1) is 25.6 Å². The largest absolute Gasteiger partial charge is 0.327 e. The maximum absolute atomic E-state index is 12.1. The van der Waals surface area contributed by atoms with Crippen molar-refractivity contribution in [3.63, 3.8) is 0 Å². The molecule has 1 amide bonds. The van der Waals surface area contributed by atoms with Gasteiger partial charge in [0.1, 0.15) is 0 Å². The summed E-state index contributed by atoms with van der Waals surface area (Å²) in [4.78, 5) is 13.5. The summed E-state index contributed by atoms with van der Waals surface area (Å²) in [6.07, 6.45) is 6.80. The van der Waals surface area contributed by atoms with Gasteiger partial charge in [-0.1, -0.05) is 18.6 Å². The van der Waals surface area contributed by atoms with Gasteiger partial charge in [-0.25, -0.2) is 0 Å². The molecule has 4 heteroatoms. The standard InChI is InChI=1S/C17H23N3O/c18-11-10-15-6-8-16(9-7-15)19-17(21)14-20-12-4-2-1-3-5-13-20/h6-9H,1-5,10,12-14H2,(H,19,21)/p+1. The van der Waals surface area contributed by atoms with E-state index in [2.05, 4.69) is 11.4 Å². The highest BCUT2D eigenvalue weighted by atomic mass is 16.2. The number of benzene rings is 1. The second kappa shape index (κ2) is 8.43. The van der Waals surface area contributed by atoms with Gasteiger partial charge in [-0.3, -0.25) is 4.79 Å². The summed E-state index contributed by atoms with van der Waals surface area (Å²) < 4.78 is 0. The van der Waals surface area contributed by atoms with Gasteiger partial charge in [0.2, 0.25) is 0 Å².